The van der Waals surface area contributed by atoms with E-state index in [1.54, 1.807) is 0 Å². The summed E-state index contributed by atoms with van der Waals surface area (Å²) in [6.07, 6.45) is 3.17. The van der Waals surface area contributed by atoms with Gasteiger partial charge in [-0.25, -0.2) is 0 Å². The normalized spacial score (nSPS) is 15.5. The molecule has 15 heavy (non-hydrogen) atoms. The molecule has 2 N–H and O–H groups in total. The highest BCUT2D eigenvalue weighted by Crippen LogP contribution is 2.42. The molecule has 1 fully saturated rings. The Bertz CT molecular complexity index is 514. The lowest BCUT2D eigenvalue weighted by atomic mass is 10.1. The van der Waals surface area contributed by atoms with Gasteiger partial charge >= 0.3 is 0 Å². The van der Waals surface area contributed by atoms with Gasteiger partial charge in [-0.3, -0.25) is 9.89 Å². The molecule has 0 atom stereocenters. The topological polar surface area (TPSA) is 57.8 Å². The molecule has 1 aliphatic rings. The van der Waals surface area contributed by atoms with Crippen LogP contribution in [0.1, 0.15) is 24.5 Å². The van der Waals surface area contributed by atoms with Gasteiger partial charge < -0.3 is 5.32 Å². The lowest BCUT2D eigenvalue weighted by Crippen LogP contribution is -1.92. The molecule has 2 aromatic rings. The van der Waals surface area contributed by atoms with Crippen LogP contribution in [0.25, 0.3) is 10.9 Å². The molecule has 4 heteroatoms. The van der Waals surface area contributed by atoms with Crippen LogP contribution in [0, 0.1) is 0 Å². The molecule has 0 radical (unpaired) electrons. The Hall–Kier alpha value is -1.84. The van der Waals surface area contributed by atoms with Gasteiger partial charge in [0.05, 0.1) is 5.52 Å². The van der Waals surface area contributed by atoms with E-state index < -0.39 is 0 Å². The number of benzene rings is 1. The van der Waals surface area contributed by atoms with Crippen LogP contribution in [0.4, 0.5) is 5.69 Å². The van der Waals surface area contributed by atoms with Crippen LogP contribution >= 0.6 is 0 Å². The summed E-state index contributed by atoms with van der Waals surface area (Å²) in [5, 5.41) is 11.1. The van der Waals surface area contributed by atoms with Crippen molar-refractivity contribution in [1.82, 2.24) is 10.2 Å². The van der Waals surface area contributed by atoms with Crippen molar-refractivity contribution in [1.29, 1.82) is 0 Å². The maximum absolute atomic E-state index is 10.3. The molecule has 0 spiro atoms. The van der Waals surface area contributed by atoms with Gasteiger partial charge in [-0.1, -0.05) is 0 Å². The van der Waals surface area contributed by atoms with Gasteiger partial charge in [0.1, 0.15) is 0 Å². The molecule has 1 aromatic heterocycles. The molecular weight excluding hydrogens is 190 g/mol. The third-order valence-electron chi connectivity index (χ3n) is 2.79. The highest BCUT2D eigenvalue weighted by molar-refractivity contribution is 5.87. The predicted octanol–water partition coefficient (Wildman–Crippen LogP) is 2.01. The largest absolute Gasteiger partial charge is 0.329 e. The Kier molecular flexibility index (Phi) is 1.74. The summed E-state index contributed by atoms with van der Waals surface area (Å²) in [5.41, 5.74) is 2.99. The molecule has 1 aliphatic carbocycles. The fourth-order valence-electron chi connectivity index (χ4n) is 1.87. The van der Waals surface area contributed by atoms with Crippen molar-refractivity contribution in [3.63, 3.8) is 0 Å². The van der Waals surface area contributed by atoms with Crippen molar-refractivity contribution in [3.05, 3.63) is 23.9 Å². The molecule has 1 aromatic carbocycles. The Morgan fingerprint density at radius 2 is 2.33 bits per heavy atom. The third-order valence-corrected chi connectivity index (χ3v) is 2.79. The number of H-pyrrole nitrogens is 1. The molecule has 1 amide bonds. The number of nitrogens with one attached hydrogen (secondary N) is 2. The highest BCUT2D eigenvalue weighted by Gasteiger charge is 2.27. The summed E-state index contributed by atoms with van der Waals surface area (Å²) in [5.74, 6) is 0.640. The summed E-state index contributed by atoms with van der Waals surface area (Å²) in [6.45, 7) is 0. The number of rotatable bonds is 3. The van der Waals surface area contributed by atoms with Crippen LogP contribution in [0.2, 0.25) is 0 Å². The van der Waals surface area contributed by atoms with E-state index in [0.717, 1.165) is 16.6 Å². The number of carbonyl (C=O) groups excluding carboxylic acids is 1. The number of carbonyl (C=O) groups is 1. The molecular formula is C11H11N3O. The maximum Gasteiger partial charge on any atom is 0.211 e. The minimum atomic E-state index is 0.640. The van der Waals surface area contributed by atoms with Crippen molar-refractivity contribution in [3.8, 4) is 0 Å². The minimum absolute atomic E-state index is 0.640. The zero-order valence-electron chi connectivity index (χ0n) is 8.16. The van der Waals surface area contributed by atoms with Gasteiger partial charge in [-0.15, -0.1) is 0 Å². The van der Waals surface area contributed by atoms with Crippen molar-refractivity contribution < 1.29 is 4.79 Å². The van der Waals surface area contributed by atoms with Crippen molar-refractivity contribution >= 4 is 23.0 Å². The van der Waals surface area contributed by atoms with Crippen LogP contribution in [-0.4, -0.2) is 16.6 Å². The van der Waals surface area contributed by atoms with Crippen LogP contribution in [0.5, 0.6) is 0 Å². The van der Waals surface area contributed by atoms with Gasteiger partial charge in [-0.05, 0) is 31.0 Å². The lowest BCUT2D eigenvalue weighted by Gasteiger charge is -1.98. The van der Waals surface area contributed by atoms with Gasteiger partial charge in [-0.2, -0.15) is 5.10 Å². The van der Waals surface area contributed by atoms with E-state index in [1.807, 2.05) is 18.2 Å². The maximum atomic E-state index is 10.3. The molecule has 1 saturated carbocycles. The Morgan fingerprint density at radius 3 is 3.07 bits per heavy atom. The first kappa shape index (κ1) is 8.47. The summed E-state index contributed by atoms with van der Waals surface area (Å²) < 4.78 is 0. The van der Waals surface area contributed by atoms with Gasteiger partial charge in [0.15, 0.2) is 0 Å². The van der Waals surface area contributed by atoms with E-state index in [-0.39, 0.29) is 0 Å². The number of hydrogen-bond acceptors (Lipinski definition) is 2. The van der Waals surface area contributed by atoms with Gasteiger partial charge in [0.25, 0.3) is 0 Å². The summed E-state index contributed by atoms with van der Waals surface area (Å²) in [7, 11) is 0. The Morgan fingerprint density at radius 1 is 1.47 bits per heavy atom. The van der Waals surface area contributed by atoms with Gasteiger partial charge in [0.2, 0.25) is 6.41 Å². The third kappa shape index (κ3) is 1.38. The fraction of sp³-hybridized carbons (Fsp3) is 0.273. The van der Waals surface area contributed by atoms with E-state index >= 15 is 0 Å². The van der Waals surface area contributed by atoms with Crippen LogP contribution in [0.15, 0.2) is 18.2 Å². The summed E-state index contributed by atoms with van der Waals surface area (Å²) in [4.78, 5) is 10.3. The number of aromatic amines is 1. The number of amides is 1. The monoisotopic (exact) mass is 201 g/mol. The molecule has 4 nitrogen and oxygen atoms in total. The van der Waals surface area contributed by atoms with Crippen molar-refractivity contribution in [2.45, 2.75) is 18.8 Å². The number of aromatic nitrogens is 2. The lowest BCUT2D eigenvalue weighted by molar-refractivity contribution is -0.105. The molecule has 0 saturated heterocycles. The Balaban J connectivity index is 2.13. The zero-order valence-corrected chi connectivity index (χ0v) is 8.16. The number of anilines is 1. The first-order chi connectivity index (χ1) is 7.38. The van der Waals surface area contributed by atoms with Crippen LogP contribution in [0.3, 0.4) is 0 Å². The van der Waals surface area contributed by atoms with E-state index in [1.165, 1.54) is 18.5 Å². The second-order valence-electron chi connectivity index (χ2n) is 3.91. The first-order valence-electron chi connectivity index (χ1n) is 5.06. The first-order valence-corrected chi connectivity index (χ1v) is 5.06. The predicted molar refractivity (Wildman–Crippen MR) is 57.8 cm³/mol. The number of nitrogens with zero attached hydrogens (tertiary/aromatic N) is 1. The van der Waals surface area contributed by atoms with Crippen molar-refractivity contribution in [2.75, 3.05) is 5.32 Å². The molecule has 0 bridgehead atoms. The second kappa shape index (κ2) is 3.08. The summed E-state index contributed by atoms with van der Waals surface area (Å²) in [6, 6.07) is 5.75. The number of fused-ring (bicyclic) bond motifs is 1. The van der Waals surface area contributed by atoms with E-state index in [4.69, 9.17) is 0 Å². The van der Waals surface area contributed by atoms with E-state index in [2.05, 4.69) is 15.5 Å². The van der Waals surface area contributed by atoms with Crippen molar-refractivity contribution in [2.24, 2.45) is 0 Å². The average molecular weight is 201 g/mol. The standard InChI is InChI=1S/C11H11N3O/c15-6-12-8-3-4-10-9(5-8)11(14-13-10)7-1-2-7/h3-7H,1-2H2,(H,12,15)(H,13,14). The smallest absolute Gasteiger partial charge is 0.211 e. The average Bonchev–Trinajstić information content (AvgIpc) is 3.00. The molecule has 0 unspecified atom stereocenters. The van der Waals surface area contributed by atoms with Crippen LogP contribution < -0.4 is 5.32 Å². The zero-order chi connectivity index (χ0) is 10.3. The Labute approximate surface area is 86.7 Å². The second-order valence-corrected chi connectivity index (χ2v) is 3.91. The number of hydrogen-bond donors (Lipinski definition) is 2. The molecule has 0 aliphatic heterocycles. The highest BCUT2D eigenvalue weighted by atomic mass is 16.1. The van der Waals surface area contributed by atoms with E-state index in [0.29, 0.717) is 12.3 Å². The molecule has 76 valence electrons. The fourth-order valence-corrected chi connectivity index (χ4v) is 1.87. The van der Waals surface area contributed by atoms with Gasteiger partial charge in [0, 0.05) is 22.7 Å². The molecule has 1 heterocycles. The quantitative estimate of drug-likeness (QED) is 0.746. The minimum Gasteiger partial charge on any atom is -0.329 e. The van der Waals surface area contributed by atoms with E-state index in [9.17, 15) is 4.79 Å². The SMILES string of the molecule is O=CNc1ccc2n[nH]c(C3CC3)c2c1. The van der Waals surface area contributed by atoms with Crippen LogP contribution in [-0.2, 0) is 4.79 Å². The summed E-state index contributed by atoms with van der Waals surface area (Å²) >= 11 is 0. The molecule has 3 rings (SSSR count).